The van der Waals surface area contributed by atoms with Crippen molar-refractivity contribution in [2.24, 2.45) is 0 Å². The van der Waals surface area contributed by atoms with Gasteiger partial charge in [0.05, 0.1) is 22.1 Å². The molecule has 5 nitrogen and oxygen atoms in total. The molecule has 5 heteroatoms. The maximum Gasteiger partial charge on any atom is 0.169 e. The van der Waals surface area contributed by atoms with Crippen molar-refractivity contribution in [3.05, 3.63) is 261 Å². The molecule has 0 unspecified atom stereocenters. The summed E-state index contributed by atoms with van der Waals surface area (Å²) in [5, 5.41) is 15.1. The molecule has 0 aliphatic heterocycles. The summed E-state index contributed by atoms with van der Waals surface area (Å²) in [7, 11) is 0. The Morgan fingerprint density at radius 3 is 1.05 bits per heavy atom. The summed E-state index contributed by atoms with van der Waals surface area (Å²) in [6.07, 6.45) is 8.77. The van der Waals surface area contributed by atoms with Crippen molar-refractivity contribution in [2.75, 3.05) is 0 Å². The van der Waals surface area contributed by atoms with Gasteiger partial charge in [-0.1, -0.05) is 194 Å². The van der Waals surface area contributed by atoms with Crippen LogP contribution in [0, 0.1) is 0 Å². The van der Waals surface area contributed by atoms with Gasteiger partial charge >= 0.3 is 0 Å². The third-order valence-electron chi connectivity index (χ3n) is 14.6. The molecule has 1 aliphatic rings. The van der Waals surface area contributed by atoms with Crippen LogP contribution in [-0.4, -0.2) is 23.9 Å². The van der Waals surface area contributed by atoms with E-state index in [-0.39, 0.29) is 0 Å². The number of para-hydroxylation sites is 2. The number of fused-ring (bicyclic) bond motifs is 6. The minimum atomic E-state index is 0.799. The molecule has 0 N–H and O–H groups in total. The average Bonchev–Trinajstić information content (AvgIpc) is 4.17. The van der Waals surface area contributed by atoms with Crippen molar-refractivity contribution in [1.29, 1.82) is 0 Å². The monoisotopic (exact) mass is 933 g/mol. The second kappa shape index (κ2) is 17.7. The lowest BCUT2D eigenvalue weighted by Gasteiger charge is -2.16. The Bertz CT molecular complexity index is 3910. The van der Waals surface area contributed by atoms with Gasteiger partial charge in [-0.25, -0.2) is 0 Å². The molecule has 0 amide bonds. The first-order valence-corrected chi connectivity index (χ1v) is 25.1. The highest BCUT2D eigenvalue weighted by Gasteiger charge is 2.26. The Kier molecular flexibility index (Phi) is 10.2. The Labute approximate surface area is 423 Å². The van der Waals surface area contributed by atoms with Gasteiger partial charge in [-0.15, -0.1) is 10.2 Å². The number of aromatic nitrogens is 5. The Hall–Kier alpha value is -9.58. The summed E-state index contributed by atoms with van der Waals surface area (Å²) in [5.74, 6) is 1.60. The first kappa shape index (κ1) is 42.3. The zero-order valence-corrected chi connectivity index (χ0v) is 40.0. The summed E-state index contributed by atoms with van der Waals surface area (Å²) in [6.45, 7) is 0. The maximum atomic E-state index is 5.25. The molecule has 0 saturated carbocycles. The van der Waals surface area contributed by atoms with Gasteiger partial charge in [-0.3, -0.25) is 4.57 Å². The van der Waals surface area contributed by atoms with E-state index in [1.54, 1.807) is 0 Å². The molecule has 344 valence electrons. The van der Waals surface area contributed by atoms with Crippen molar-refractivity contribution in [3.63, 3.8) is 0 Å². The fourth-order valence-corrected chi connectivity index (χ4v) is 11.3. The quantitative estimate of drug-likeness (QED) is 0.145. The highest BCUT2D eigenvalue weighted by molar-refractivity contribution is 6.17. The lowest BCUT2D eigenvalue weighted by Crippen LogP contribution is -2.03. The van der Waals surface area contributed by atoms with Crippen molar-refractivity contribution in [3.8, 4) is 78.7 Å². The molecule has 0 atom stereocenters. The van der Waals surface area contributed by atoms with E-state index in [0.717, 1.165) is 119 Å². The van der Waals surface area contributed by atoms with E-state index in [9.17, 15) is 0 Å². The molecule has 3 aromatic heterocycles. The molecule has 0 saturated heterocycles. The van der Waals surface area contributed by atoms with E-state index < -0.39 is 0 Å². The molecule has 14 rings (SSSR count). The fourth-order valence-electron chi connectivity index (χ4n) is 11.3. The molecule has 13 aromatic rings. The molecule has 0 fully saturated rings. The van der Waals surface area contributed by atoms with E-state index in [1.807, 2.05) is 0 Å². The van der Waals surface area contributed by atoms with E-state index in [0.29, 0.717) is 0 Å². The lowest BCUT2D eigenvalue weighted by molar-refractivity contribution is 1.00. The van der Waals surface area contributed by atoms with Crippen LogP contribution in [0.1, 0.15) is 12.8 Å². The Morgan fingerprint density at radius 1 is 0.301 bits per heavy atom. The molecule has 0 radical (unpaired) electrons. The molecule has 0 spiro atoms. The summed E-state index contributed by atoms with van der Waals surface area (Å²) in [6, 6.07) is 87.6. The first-order valence-electron chi connectivity index (χ1n) is 25.1. The Balaban J connectivity index is 0.997. The van der Waals surface area contributed by atoms with Gasteiger partial charge in [0.15, 0.2) is 11.6 Å². The molecule has 1 aliphatic carbocycles. The second-order valence-corrected chi connectivity index (χ2v) is 18.9. The lowest BCUT2D eigenvalue weighted by atomic mass is 9.98. The number of hydrogen-bond acceptors (Lipinski definition) is 2. The van der Waals surface area contributed by atoms with Crippen molar-refractivity contribution in [2.45, 2.75) is 12.8 Å². The van der Waals surface area contributed by atoms with Crippen LogP contribution >= 0.6 is 0 Å². The van der Waals surface area contributed by atoms with Gasteiger partial charge in [0.2, 0.25) is 0 Å². The van der Waals surface area contributed by atoms with Crippen LogP contribution in [0.2, 0.25) is 0 Å². The normalized spacial score (nSPS) is 12.6. The molecule has 3 heterocycles. The second-order valence-electron chi connectivity index (χ2n) is 18.9. The SMILES string of the molecule is C1=CC(n2c(-c3cccc4c3c3ccccc3n4-c3cc(-c4ccccc4)cc(-c4ccccc4)c3)nnc2-c2cccc3c2c2ccccc2n3-c2cc(-c3ccccc3)cc(-c3ccccc3)c2)=CCC1. The molecule has 73 heavy (non-hydrogen) atoms. The fraction of sp³-hybridized carbons (Fsp3) is 0.0294. The van der Waals surface area contributed by atoms with Crippen LogP contribution in [0.15, 0.2) is 261 Å². The van der Waals surface area contributed by atoms with E-state index in [4.69, 9.17) is 10.2 Å². The van der Waals surface area contributed by atoms with Crippen molar-refractivity contribution in [1.82, 2.24) is 23.9 Å². The summed E-state index contributed by atoms with van der Waals surface area (Å²) in [4.78, 5) is 0. The number of hydrogen-bond donors (Lipinski definition) is 0. The standard InChI is InChI=1S/C68H47N5/c1-6-22-46(23-7-1)50-40-51(47-24-8-2-9-25-47)43-55(42-50)71-61-36-18-16-32-57(61)65-59(34-20-38-63(65)71)67-69-70-68(73(67)54-30-14-5-15-31-54)60-35-21-39-64-66(60)58-33-17-19-37-62(58)72(64)56-44-52(48-26-10-3-11-27-48)41-53(45-56)49-28-12-4-13-29-49/h1-4,6-14,16-45H,5,15H2. The Morgan fingerprint density at radius 2 is 0.671 bits per heavy atom. The van der Waals surface area contributed by atoms with Crippen molar-refractivity contribution >= 4 is 49.3 Å². The number of rotatable bonds is 9. The highest BCUT2D eigenvalue weighted by atomic mass is 15.3. The largest absolute Gasteiger partial charge is 0.309 e. The van der Waals surface area contributed by atoms with Gasteiger partial charge in [-0.05, 0) is 124 Å². The molecular formula is C68H47N5. The molecule has 10 aromatic carbocycles. The van der Waals surface area contributed by atoms with Gasteiger partial charge in [0.25, 0.3) is 0 Å². The van der Waals surface area contributed by atoms with Gasteiger partial charge < -0.3 is 9.13 Å². The minimum absolute atomic E-state index is 0.799. The van der Waals surface area contributed by atoms with Crippen LogP contribution in [0.25, 0.3) is 128 Å². The first-order chi connectivity index (χ1) is 36.2. The average molecular weight is 934 g/mol. The minimum Gasteiger partial charge on any atom is -0.309 e. The van der Waals surface area contributed by atoms with Gasteiger partial charge in [-0.2, -0.15) is 0 Å². The zero-order chi connectivity index (χ0) is 48.2. The van der Waals surface area contributed by atoms with E-state index in [1.165, 1.54) is 22.3 Å². The highest BCUT2D eigenvalue weighted by Crippen LogP contribution is 2.44. The van der Waals surface area contributed by atoms with Crippen LogP contribution in [0.5, 0.6) is 0 Å². The summed E-state index contributed by atoms with van der Waals surface area (Å²) < 4.78 is 7.17. The number of nitrogens with zero attached hydrogens (tertiary/aromatic N) is 5. The predicted octanol–water partition coefficient (Wildman–Crippen LogP) is 17.7. The van der Waals surface area contributed by atoms with Gasteiger partial charge in [0, 0.05) is 49.7 Å². The van der Waals surface area contributed by atoms with E-state index in [2.05, 4.69) is 275 Å². The third-order valence-corrected chi connectivity index (χ3v) is 14.6. The van der Waals surface area contributed by atoms with Crippen molar-refractivity contribution < 1.29 is 0 Å². The predicted molar refractivity (Wildman–Crippen MR) is 304 cm³/mol. The maximum absolute atomic E-state index is 5.25. The van der Waals surface area contributed by atoms with Gasteiger partial charge in [0.1, 0.15) is 0 Å². The summed E-state index contributed by atoms with van der Waals surface area (Å²) >= 11 is 0. The number of allylic oxidation sites excluding steroid dienone is 4. The van der Waals surface area contributed by atoms with Crippen LogP contribution in [0.3, 0.4) is 0 Å². The number of benzene rings is 10. The topological polar surface area (TPSA) is 40.6 Å². The van der Waals surface area contributed by atoms with Crippen LogP contribution in [-0.2, 0) is 0 Å². The molecular weight excluding hydrogens is 887 g/mol. The zero-order valence-electron chi connectivity index (χ0n) is 40.0. The molecule has 0 bridgehead atoms. The third kappa shape index (κ3) is 7.24. The van der Waals surface area contributed by atoms with Crippen LogP contribution in [0.4, 0.5) is 0 Å². The van der Waals surface area contributed by atoms with E-state index >= 15 is 0 Å². The smallest absolute Gasteiger partial charge is 0.169 e. The summed E-state index contributed by atoms with van der Waals surface area (Å²) in [5.41, 5.74) is 19.1. The van der Waals surface area contributed by atoms with Crippen LogP contribution < -0.4 is 0 Å².